The quantitative estimate of drug-likeness (QED) is 0.660. The smallest absolute Gasteiger partial charge is 0.305 e. The molecule has 1 aliphatic heterocycles. The summed E-state index contributed by atoms with van der Waals surface area (Å²) in [6.07, 6.45) is 1.43. The van der Waals surface area contributed by atoms with E-state index in [2.05, 4.69) is 21.9 Å². The summed E-state index contributed by atoms with van der Waals surface area (Å²) >= 11 is 0. The van der Waals surface area contributed by atoms with Gasteiger partial charge in [0.1, 0.15) is 0 Å². The fourth-order valence-electron chi connectivity index (χ4n) is 1.74. The molecule has 1 saturated heterocycles. The van der Waals surface area contributed by atoms with Crippen LogP contribution >= 0.6 is 0 Å². The zero-order valence-corrected chi connectivity index (χ0v) is 9.08. The predicted molar refractivity (Wildman–Crippen MR) is 55.2 cm³/mol. The van der Waals surface area contributed by atoms with Crippen molar-refractivity contribution in [1.82, 2.24) is 10.2 Å². The number of hydrogen-bond donors (Lipinski definition) is 1. The maximum absolute atomic E-state index is 10.9. The van der Waals surface area contributed by atoms with Crippen molar-refractivity contribution >= 4 is 5.97 Å². The molecule has 0 unspecified atom stereocenters. The van der Waals surface area contributed by atoms with E-state index in [-0.39, 0.29) is 5.97 Å². The fourth-order valence-corrected chi connectivity index (χ4v) is 1.74. The third-order valence-corrected chi connectivity index (χ3v) is 2.69. The van der Waals surface area contributed by atoms with E-state index in [0.29, 0.717) is 12.5 Å². The molecule has 1 heterocycles. The minimum absolute atomic E-state index is 0.104. The highest BCUT2D eigenvalue weighted by Gasteiger charge is 2.17. The number of nitrogens with one attached hydrogen (secondary N) is 1. The first kappa shape index (κ1) is 11.5. The topological polar surface area (TPSA) is 41.6 Å². The number of ether oxygens (including phenoxy) is 1. The molecule has 0 saturated carbocycles. The Hall–Kier alpha value is -0.610. The van der Waals surface area contributed by atoms with E-state index in [4.69, 9.17) is 0 Å². The summed E-state index contributed by atoms with van der Waals surface area (Å²) in [6, 6.07) is 0.585. The molecular formula is C10H20N2O2. The van der Waals surface area contributed by atoms with E-state index in [9.17, 15) is 4.79 Å². The van der Waals surface area contributed by atoms with Crippen molar-refractivity contribution in [3.63, 3.8) is 0 Å². The van der Waals surface area contributed by atoms with Gasteiger partial charge in [0.15, 0.2) is 0 Å². The van der Waals surface area contributed by atoms with Gasteiger partial charge in [-0.3, -0.25) is 9.69 Å². The fraction of sp³-hybridized carbons (Fsp3) is 0.900. The molecular weight excluding hydrogens is 180 g/mol. The van der Waals surface area contributed by atoms with Gasteiger partial charge in [0.2, 0.25) is 0 Å². The molecule has 0 aromatic heterocycles. The number of nitrogens with zero attached hydrogens (tertiary/aromatic N) is 1. The van der Waals surface area contributed by atoms with Crippen LogP contribution in [-0.2, 0) is 9.53 Å². The van der Waals surface area contributed by atoms with Crippen molar-refractivity contribution in [3.05, 3.63) is 0 Å². The van der Waals surface area contributed by atoms with Crippen LogP contribution in [0.5, 0.6) is 0 Å². The van der Waals surface area contributed by atoms with Gasteiger partial charge < -0.3 is 10.1 Å². The predicted octanol–water partition coefficient (Wildman–Crippen LogP) is 0.233. The standard InChI is InChI=1S/C10H20N2O2/c1-9-8-11-5-7-12(9)6-3-4-10(13)14-2/h9,11H,3-8H2,1-2H3/t9-/m1/s1. The summed E-state index contributed by atoms with van der Waals surface area (Å²) in [5.74, 6) is -0.104. The zero-order chi connectivity index (χ0) is 10.4. The molecule has 1 fully saturated rings. The van der Waals surface area contributed by atoms with Gasteiger partial charge in [-0.2, -0.15) is 0 Å². The van der Waals surface area contributed by atoms with Crippen LogP contribution in [0.2, 0.25) is 0 Å². The summed E-state index contributed by atoms with van der Waals surface area (Å²) in [4.78, 5) is 13.3. The molecule has 1 N–H and O–H groups in total. The Balaban J connectivity index is 2.13. The number of carbonyl (C=O) groups excluding carboxylic acids is 1. The Morgan fingerprint density at radius 3 is 3.07 bits per heavy atom. The van der Waals surface area contributed by atoms with Gasteiger partial charge in [-0.1, -0.05) is 0 Å². The summed E-state index contributed by atoms with van der Waals surface area (Å²) in [5, 5.41) is 3.34. The van der Waals surface area contributed by atoms with Crippen molar-refractivity contribution in [2.45, 2.75) is 25.8 Å². The number of hydrogen-bond acceptors (Lipinski definition) is 4. The number of esters is 1. The number of rotatable bonds is 4. The van der Waals surface area contributed by atoms with Gasteiger partial charge in [0.25, 0.3) is 0 Å². The largest absolute Gasteiger partial charge is 0.469 e. The van der Waals surface area contributed by atoms with E-state index >= 15 is 0 Å². The Kier molecular flexibility index (Phi) is 4.90. The average molecular weight is 200 g/mol. The lowest BCUT2D eigenvalue weighted by molar-refractivity contribution is -0.140. The molecule has 0 amide bonds. The maximum atomic E-state index is 10.9. The molecule has 1 rings (SSSR count). The molecule has 4 heteroatoms. The second-order valence-electron chi connectivity index (χ2n) is 3.77. The third-order valence-electron chi connectivity index (χ3n) is 2.69. The molecule has 0 aliphatic carbocycles. The molecule has 14 heavy (non-hydrogen) atoms. The minimum Gasteiger partial charge on any atom is -0.469 e. The van der Waals surface area contributed by atoms with Gasteiger partial charge in [0, 0.05) is 32.1 Å². The first-order valence-electron chi connectivity index (χ1n) is 5.25. The van der Waals surface area contributed by atoms with Crippen molar-refractivity contribution in [2.75, 3.05) is 33.3 Å². The van der Waals surface area contributed by atoms with E-state index in [1.165, 1.54) is 7.11 Å². The second kappa shape index (κ2) is 5.98. The lowest BCUT2D eigenvalue weighted by atomic mass is 10.2. The molecule has 4 nitrogen and oxygen atoms in total. The van der Waals surface area contributed by atoms with Gasteiger partial charge in [-0.25, -0.2) is 0 Å². The van der Waals surface area contributed by atoms with E-state index in [1.807, 2.05) is 0 Å². The van der Waals surface area contributed by atoms with Crippen LogP contribution in [0, 0.1) is 0 Å². The van der Waals surface area contributed by atoms with Crippen LogP contribution in [0.15, 0.2) is 0 Å². The normalized spacial score (nSPS) is 23.4. The van der Waals surface area contributed by atoms with Crippen molar-refractivity contribution in [2.24, 2.45) is 0 Å². The molecule has 0 spiro atoms. The van der Waals surface area contributed by atoms with Crippen LogP contribution in [-0.4, -0.2) is 50.2 Å². The van der Waals surface area contributed by atoms with Gasteiger partial charge in [0.05, 0.1) is 7.11 Å². The molecule has 1 aliphatic rings. The Bertz CT molecular complexity index is 185. The van der Waals surface area contributed by atoms with Crippen molar-refractivity contribution < 1.29 is 9.53 Å². The molecule has 82 valence electrons. The number of carbonyl (C=O) groups is 1. The highest BCUT2D eigenvalue weighted by Crippen LogP contribution is 2.04. The van der Waals surface area contributed by atoms with Gasteiger partial charge >= 0.3 is 5.97 Å². The van der Waals surface area contributed by atoms with Crippen molar-refractivity contribution in [1.29, 1.82) is 0 Å². The monoisotopic (exact) mass is 200 g/mol. The summed E-state index contributed by atoms with van der Waals surface area (Å²) in [6.45, 7) is 6.41. The highest BCUT2D eigenvalue weighted by atomic mass is 16.5. The number of methoxy groups -OCH3 is 1. The van der Waals surface area contributed by atoms with E-state index in [0.717, 1.165) is 32.6 Å². The zero-order valence-electron chi connectivity index (χ0n) is 9.08. The van der Waals surface area contributed by atoms with Crippen LogP contribution in [0.25, 0.3) is 0 Å². The lowest BCUT2D eigenvalue weighted by Crippen LogP contribution is -2.49. The maximum Gasteiger partial charge on any atom is 0.305 e. The Morgan fingerprint density at radius 2 is 2.43 bits per heavy atom. The highest BCUT2D eigenvalue weighted by molar-refractivity contribution is 5.69. The van der Waals surface area contributed by atoms with E-state index < -0.39 is 0 Å². The third kappa shape index (κ3) is 3.64. The van der Waals surface area contributed by atoms with Gasteiger partial charge in [-0.05, 0) is 19.9 Å². The van der Waals surface area contributed by atoms with Gasteiger partial charge in [-0.15, -0.1) is 0 Å². The van der Waals surface area contributed by atoms with Crippen LogP contribution in [0.4, 0.5) is 0 Å². The minimum atomic E-state index is -0.104. The lowest BCUT2D eigenvalue weighted by Gasteiger charge is -2.33. The molecule has 0 radical (unpaired) electrons. The van der Waals surface area contributed by atoms with Crippen molar-refractivity contribution in [3.8, 4) is 0 Å². The Morgan fingerprint density at radius 1 is 1.64 bits per heavy atom. The molecule has 0 aromatic carbocycles. The second-order valence-corrected chi connectivity index (χ2v) is 3.77. The number of piperazine rings is 1. The first-order chi connectivity index (χ1) is 6.74. The molecule has 1 atom stereocenters. The Labute approximate surface area is 85.6 Å². The summed E-state index contributed by atoms with van der Waals surface area (Å²) in [7, 11) is 1.44. The summed E-state index contributed by atoms with van der Waals surface area (Å²) < 4.78 is 4.60. The first-order valence-corrected chi connectivity index (χ1v) is 5.25. The summed E-state index contributed by atoms with van der Waals surface area (Å²) in [5.41, 5.74) is 0. The van der Waals surface area contributed by atoms with E-state index in [1.54, 1.807) is 0 Å². The SMILES string of the molecule is COC(=O)CCCN1CCNC[C@H]1C. The van der Waals surface area contributed by atoms with Crippen LogP contribution in [0.1, 0.15) is 19.8 Å². The average Bonchev–Trinajstić information content (AvgIpc) is 2.20. The van der Waals surface area contributed by atoms with Crippen LogP contribution in [0.3, 0.4) is 0 Å². The van der Waals surface area contributed by atoms with Crippen LogP contribution < -0.4 is 5.32 Å². The molecule has 0 aromatic rings. The molecule has 0 bridgehead atoms.